The largest absolute Gasteiger partial charge is 0.388 e. The average molecular weight is 285 g/mol. The van der Waals surface area contributed by atoms with Gasteiger partial charge < -0.3 is 5.32 Å². The third-order valence-corrected chi connectivity index (χ3v) is 5.07. The minimum absolute atomic E-state index is 0.238. The summed E-state index contributed by atoms with van der Waals surface area (Å²) in [7, 11) is -2.16. The highest BCUT2D eigenvalue weighted by Crippen LogP contribution is 2.30. The van der Waals surface area contributed by atoms with Crippen LogP contribution in [0.4, 0.5) is 11.4 Å². The van der Waals surface area contributed by atoms with Crippen LogP contribution in [0.1, 0.15) is 12.8 Å². The number of benzene rings is 1. The Balaban J connectivity index is 2.52. The van der Waals surface area contributed by atoms with Crippen molar-refractivity contribution in [1.82, 2.24) is 4.31 Å². The molecule has 19 heavy (non-hydrogen) atoms. The molecule has 1 aromatic rings. The number of nitro groups is 1. The second-order valence-corrected chi connectivity index (χ2v) is 6.21. The van der Waals surface area contributed by atoms with Gasteiger partial charge in [-0.05, 0) is 25.0 Å². The van der Waals surface area contributed by atoms with Crippen molar-refractivity contribution >= 4 is 21.4 Å². The lowest BCUT2D eigenvalue weighted by Crippen LogP contribution is -2.28. The molecule has 1 saturated heterocycles. The quantitative estimate of drug-likeness (QED) is 0.667. The number of hydrogen-bond donors (Lipinski definition) is 1. The van der Waals surface area contributed by atoms with Gasteiger partial charge in [-0.2, -0.15) is 4.31 Å². The van der Waals surface area contributed by atoms with Gasteiger partial charge in [0.2, 0.25) is 10.0 Å². The minimum Gasteiger partial charge on any atom is -0.388 e. The highest BCUT2D eigenvalue weighted by Gasteiger charge is 2.33. The SMILES string of the molecule is CNc1ccc(S(=O)(=O)N2CCCC2)c([N+](=O)[O-])c1. The molecule has 2 rings (SSSR count). The smallest absolute Gasteiger partial charge is 0.291 e. The molecule has 0 aromatic heterocycles. The predicted octanol–water partition coefficient (Wildman–Crippen LogP) is 1.42. The molecule has 104 valence electrons. The van der Waals surface area contributed by atoms with Crippen LogP contribution < -0.4 is 5.32 Å². The van der Waals surface area contributed by atoms with Crippen molar-refractivity contribution in [3.63, 3.8) is 0 Å². The van der Waals surface area contributed by atoms with E-state index in [0.29, 0.717) is 18.8 Å². The van der Waals surface area contributed by atoms with Gasteiger partial charge in [-0.3, -0.25) is 10.1 Å². The Kier molecular flexibility index (Phi) is 3.72. The first kappa shape index (κ1) is 13.8. The van der Waals surface area contributed by atoms with Crippen molar-refractivity contribution in [1.29, 1.82) is 0 Å². The summed E-state index contributed by atoms with van der Waals surface area (Å²) in [5, 5.41) is 13.8. The van der Waals surface area contributed by atoms with Crippen LogP contribution in [0.2, 0.25) is 0 Å². The van der Waals surface area contributed by atoms with E-state index in [0.717, 1.165) is 12.8 Å². The van der Waals surface area contributed by atoms with Gasteiger partial charge in [-0.15, -0.1) is 0 Å². The van der Waals surface area contributed by atoms with E-state index >= 15 is 0 Å². The number of rotatable bonds is 4. The zero-order valence-electron chi connectivity index (χ0n) is 10.5. The number of nitro benzene ring substituents is 1. The number of anilines is 1. The molecule has 1 aromatic carbocycles. The third-order valence-electron chi connectivity index (χ3n) is 3.13. The molecule has 1 aliphatic rings. The van der Waals surface area contributed by atoms with Gasteiger partial charge in [0, 0.05) is 31.9 Å². The molecule has 0 spiro atoms. The first-order valence-electron chi connectivity index (χ1n) is 5.93. The number of nitrogens with zero attached hydrogens (tertiary/aromatic N) is 2. The summed E-state index contributed by atoms with van der Waals surface area (Å²) in [4.78, 5) is 10.1. The van der Waals surface area contributed by atoms with Crippen molar-refractivity contribution in [2.45, 2.75) is 17.7 Å². The fraction of sp³-hybridized carbons (Fsp3) is 0.455. The van der Waals surface area contributed by atoms with Gasteiger partial charge in [-0.1, -0.05) is 0 Å². The highest BCUT2D eigenvalue weighted by atomic mass is 32.2. The predicted molar refractivity (Wildman–Crippen MR) is 70.6 cm³/mol. The Hall–Kier alpha value is -1.67. The van der Waals surface area contributed by atoms with Crippen molar-refractivity contribution in [2.24, 2.45) is 0 Å². The number of hydrogen-bond acceptors (Lipinski definition) is 5. The van der Waals surface area contributed by atoms with Crippen LogP contribution in [0.5, 0.6) is 0 Å². The zero-order chi connectivity index (χ0) is 14.0. The summed E-state index contributed by atoms with van der Waals surface area (Å²) >= 11 is 0. The summed E-state index contributed by atoms with van der Waals surface area (Å²) in [6.45, 7) is 0.848. The Bertz CT molecular complexity index is 594. The summed E-state index contributed by atoms with van der Waals surface area (Å²) in [6.07, 6.45) is 1.59. The molecule has 0 unspecified atom stereocenters. The molecule has 1 N–H and O–H groups in total. The third kappa shape index (κ3) is 2.54. The van der Waals surface area contributed by atoms with Crippen LogP contribution >= 0.6 is 0 Å². The van der Waals surface area contributed by atoms with Gasteiger partial charge >= 0.3 is 0 Å². The maximum absolute atomic E-state index is 12.4. The van der Waals surface area contributed by atoms with Gasteiger partial charge in [0.25, 0.3) is 5.69 Å². The van der Waals surface area contributed by atoms with Crippen molar-refractivity contribution in [3.05, 3.63) is 28.3 Å². The summed E-state index contributed by atoms with van der Waals surface area (Å²) in [5.41, 5.74) is 0.117. The minimum atomic E-state index is -3.78. The monoisotopic (exact) mass is 285 g/mol. The van der Waals surface area contributed by atoms with Crippen LogP contribution in [-0.4, -0.2) is 37.8 Å². The molecule has 0 aliphatic carbocycles. The molecule has 1 aliphatic heterocycles. The van der Waals surface area contributed by atoms with Crippen molar-refractivity contribution in [3.8, 4) is 0 Å². The molecule has 7 nitrogen and oxygen atoms in total. The van der Waals surface area contributed by atoms with E-state index in [4.69, 9.17) is 0 Å². The number of nitrogens with one attached hydrogen (secondary N) is 1. The van der Waals surface area contributed by atoms with Gasteiger partial charge in [0.05, 0.1) is 4.92 Å². The highest BCUT2D eigenvalue weighted by molar-refractivity contribution is 7.89. The Morgan fingerprint density at radius 3 is 2.47 bits per heavy atom. The van der Waals surface area contributed by atoms with Gasteiger partial charge in [0.1, 0.15) is 0 Å². The number of sulfonamides is 1. The Morgan fingerprint density at radius 1 is 1.32 bits per heavy atom. The topological polar surface area (TPSA) is 92.6 Å². The van der Waals surface area contributed by atoms with E-state index in [1.54, 1.807) is 7.05 Å². The van der Waals surface area contributed by atoms with Gasteiger partial charge in [-0.25, -0.2) is 8.42 Å². The maximum Gasteiger partial charge on any atom is 0.291 e. The maximum atomic E-state index is 12.4. The fourth-order valence-corrected chi connectivity index (χ4v) is 3.76. The second kappa shape index (κ2) is 5.14. The summed E-state index contributed by atoms with van der Waals surface area (Å²) in [6, 6.07) is 4.05. The molecule has 0 amide bonds. The van der Waals surface area contributed by atoms with E-state index in [1.807, 2.05) is 0 Å². The van der Waals surface area contributed by atoms with E-state index in [9.17, 15) is 18.5 Å². The van der Waals surface area contributed by atoms with Crippen LogP contribution in [-0.2, 0) is 10.0 Å². The molecule has 0 bridgehead atoms. The lowest BCUT2D eigenvalue weighted by molar-refractivity contribution is -0.387. The first-order chi connectivity index (χ1) is 8.96. The van der Waals surface area contributed by atoms with Crippen LogP contribution in [0.25, 0.3) is 0 Å². The lowest BCUT2D eigenvalue weighted by atomic mass is 10.3. The summed E-state index contributed by atoms with van der Waals surface area (Å²) < 4.78 is 26.0. The molecular formula is C11H15N3O4S. The van der Waals surface area contributed by atoms with Crippen molar-refractivity contribution < 1.29 is 13.3 Å². The normalized spacial score (nSPS) is 16.5. The van der Waals surface area contributed by atoms with E-state index in [-0.39, 0.29) is 4.90 Å². The molecule has 8 heteroatoms. The van der Waals surface area contributed by atoms with E-state index in [1.165, 1.54) is 22.5 Å². The van der Waals surface area contributed by atoms with E-state index < -0.39 is 20.6 Å². The molecular weight excluding hydrogens is 270 g/mol. The second-order valence-electron chi connectivity index (χ2n) is 4.30. The van der Waals surface area contributed by atoms with Crippen LogP contribution in [0, 0.1) is 10.1 Å². The Morgan fingerprint density at radius 2 is 1.95 bits per heavy atom. The molecule has 0 atom stereocenters. The van der Waals surface area contributed by atoms with Crippen LogP contribution in [0.3, 0.4) is 0 Å². The summed E-state index contributed by atoms with van der Waals surface area (Å²) in [5.74, 6) is 0. The van der Waals surface area contributed by atoms with Gasteiger partial charge in [0.15, 0.2) is 4.90 Å². The lowest BCUT2D eigenvalue weighted by Gasteiger charge is -2.15. The molecule has 0 saturated carbocycles. The Labute approximate surface area is 111 Å². The van der Waals surface area contributed by atoms with E-state index in [2.05, 4.69) is 5.32 Å². The van der Waals surface area contributed by atoms with Crippen molar-refractivity contribution in [2.75, 3.05) is 25.5 Å². The molecule has 1 heterocycles. The zero-order valence-corrected chi connectivity index (χ0v) is 11.3. The first-order valence-corrected chi connectivity index (χ1v) is 7.37. The molecule has 1 fully saturated rings. The molecule has 0 radical (unpaired) electrons. The fourth-order valence-electron chi connectivity index (χ4n) is 2.10. The van der Waals surface area contributed by atoms with Crippen LogP contribution in [0.15, 0.2) is 23.1 Å². The standard InChI is InChI=1S/C11H15N3O4S/c1-12-9-4-5-11(10(8-9)14(15)16)19(17,18)13-6-2-3-7-13/h4-5,8,12H,2-3,6-7H2,1H3. The average Bonchev–Trinajstić information content (AvgIpc) is 2.92.